The van der Waals surface area contributed by atoms with Crippen LogP contribution in [0.1, 0.15) is 11.5 Å². The van der Waals surface area contributed by atoms with Crippen molar-refractivity contribution in [2.75, 3.05) is 20.2 Å². The van der Waals surface area contributed by atoms with Gasteiger partial charge in [0.15, 0.2) is 11.6 Å². The van der Waals surface area contributed by atoms with Crippen molar-refractivity contribution in [3.05, 3.63) is 29.6 Å². The fourth-order valence-corrected chi connectivity index (χ4v) is 2.47. The standard InChI is InChI=1S/C10H11F2NO3S/c1-16-10-4-7(2-3-9(10)11)8-5-13(6-8)17(12,14)15/h2-4,8H,5-6H2,1H3. The van der Waals surface area contributed by atoms with Crippen molar-refractivity contribution in [3.63, 3.8) is 0 Å². The molecule has 0 aromatic heterocycles. The molecule has 0 bridgehead atoms. The highest BCUT2D eigenvalue weighted by Crippen LogP contribution is 2.32. The van der Waals surface area contributed by atoms with E-state index in [1.807, 2.05) is 0 Å². The van der Waals surface area contributed by atoms with Crippen molar-refractivity contribution < 1.29 is 21.4 Å². The smallest absolute Gasteiger partial charge is 0.374 e. The molecule has 17 heavy (non-hydrogen) atoms. The van der Waals surface area contributed by atoms with Gasteiger partial charge in [0.1, 0.15) is 0 Å². The highest BCUT2D eigenvalue weighted by molar-refractivity contribution is 7.84. The second-order valence-electron chi connectivity index (χ2n) is 3.85. The maximum atomic E-state index is 13.1. The van der Waals surface area contributed by atoms with E-state index < -0.39 is 16.2 Å². The first kappa shape index (κ1) is 12.3. The van der Waals surface area contributed by atoms with Crippen molar-refractivity contribution in [1.82, 2.24) is 4.31 Å². The highest BCUT2D eigenvalue weighted by Gasteiger charge is 2.36. The van der Waals surface area contributed by atoms with Crippen LogP contribution < -0.4 is 4.74 Å². The minimum absolute atomic E-state index is 0.0770. The zero-order chi connectivity index (χ0) is 12.6. The largest absolute Gasteiger partial charge is 0.494 e. The van der Waals surface area contributed by atoms with Gasteiger partial charge < -0.3 is 4.74 Å². The molecule has 0 aliphatic carbocycles. The molecule has 1 aromatic carbocycles. The van der Waals surface area contributed by atoms with Gasteiger partial charge in [0.2, 0.25) is 0 Å². The topological polar surface area (TPSA) is 46.6 Å². The van der Waals surface area contributed by atoms with Gasteiger partial charge in [0.05, 0.1) is 7.11 Å². The molecule has 4 nitrogen and oxygen atoms in total. The lowest BCUT2D eigenvalue weighted by molar-refractivity contribution is 0.251. The molecule has 0 spiro atoms. The first-order valence-corrected chi connectivity index (χ1v) is 6.29. The molecule has 1 aliphatic rings. The van der Waals surface area contributed by atoms with Gasteiger partial charge in [-0.1, -0.05) is 9.95 Å². The van der Waals surface area contributed by atoms with Crippen LogP contribution in [0.4, 0.5) is 8.28 Å². The molecule has 7 heteroatoms. The number of hydrogen-bond acceptors (Lipinski definition) is 3. The van der Waals surface area contributed by atoms with Gasteiger partial charge in [-0.3, -0.25) is 0 Å². The fourth-order valence-electron chi connectivity index (χ4n) is 1.76. The summed E-state index contributed by atoms with van der Waals surface area (Å²) in [7, 11) is -3.25. The van der Waals surface area contributed by atoms with Crippen LogP contribution in [-0.4, -0.2) is 32.9 Å². The van der Waals surface area contributed by atoms with Gasteiger partial charge in [-0.25, -0.2) is 4.39 Å². The number of benzene rings is 1. The molecule has 0 radical (unpaired) electrons. The predicted octanol–water partition coefficient (Wildman–Crippen LogP) is 1.45. The molecule has 2 rings (SSSR count). The van der Waals surface area contributed by atoms with Crippen molar-refractivity contribution in [1.29, 1.82) is 0 Å². The SMILES string of the molecule is COc1cc(C2CN(S(=O)(=O)F)C2)ccc1F. The van der Waals surface area contributed by atoms with Gasteiger partial charge in [-0.2, -0.15) is 12.7 Å². The Labute approximate surface area is 98.1 Å². The molecule has 1 aromatic rings. The summed E-state index contributed by atoms with van der Waals surface area (Å²) in [5.74, 6) is -0.496. The Morgan fingerprint density at radius 2 is 2.06 bits per heavy atom. The summed E-state index contributed by atoms with van der Waals surface area (Å²) in [5, 5.41) is 0. The summed E-state index contributed by atoms with van der Waals surface area (Å²) in [5.41, 5.74) is 0.739. The monoisotopic (exact) mass is 263 g/mol. The van der Waals surface area contributed by atoms with Crippen molar-refractivity contribution in [3.8, 4) is 5.75 Å². The quantitative estimate of drug-likeness (QED) is 0.775. The van der Waals surface area contributed by atoms with E-state index in [9.17, 15) is 16.7 Å². The van der Waals surface area contributed by atoms with Crippen LogP contribution in [0.25, 0.3) is 0 Å². The Bertz CT molecular complexity index is 526. The lowest BCUT2D eigenvalue weighted by Crippen LogP contribution is -2.46. The Balaban J connectivity index is 2.12. The Morgan fingerprint density at radius 3 is 2.59 bits per heavy atom. The second kappa shape index (κ2) is 4.23. The van der Waals surface area contributed by atoms with Crippen molar-refractivity contribution in [2.24, 2.45) is 0 Å². The van der Waals surface area contributed by atoms with Crippen LogP contribution in [0.3, 0.4) is 0 Å². The molecule has 1 fully saturated rings. The lowest BCUT2D eigenvalue weighted by atomic mass is 9.93. The third-order valence-corrected chi connectivity index (χ3v) is 3.72. The van der Waals surface area contributed by atoms with Gasteiger partial charge in [0.25, 0.3) is 0 Å². The summed E-state index contributed by atoms with van der Waals surface area (Å²) >= 11 is 0. The van der Waals surface area contributed by atoms with Gasteiger partial charge in [-0.05, 0) is 17.7 Å². The number of rotatable bonds is 3. The predicted molar refractivity (Wildman–Crippen MR) is 57.3 cm³/mol. The number of nitrogens with zero attached hydrogens (tertiary/aromatic N) is 1. The third kappa shape index (κ3) is 2.39. The van der Waals surface area contributed by atoms with Crippen molar-refractivity contribution in [2.45, 2.75) is 5.92 Å². The molecule has 1 heterocycles. The lowest BCUT2D eigenvalue weighted by Gasteiger charge is -2.35. The number of ether oxygens (including phenoxy) is 1. The number of methoxy groups -OCH3 is 1. The van der Waals surface area contributed by atoms with Crippen LogP contribution >= 0.6 is 0 Å². The van der Waals surface area contributed by atoms with E-state index in [2.05, 4.69) is 0 Å². The molecule has 0 N–H and O–H groups in total. The first-order valence-electron chi connectivity index (χ1n) is 4.95. The van der Waals surface area contributed by atoms with Gasteiger partial charge in [-0.15, -0.1) is 0 Å². The summed E-state index contributed by atoms with van der Waals surface area (Å²) in [6, 6.07) is 4.30. The normalized spacial score (nSPS) is 17.8. The number of halogens is 2. The maximum absolute atomic E-state index is 13.1. The molecule has 0 amide bonds. The average molecular weight is 263 g/mol. The van der Waals surface area contributed by atoms with E-state index in [-0.39, 0.29) is 24.8 Å². The Hall–Kier alpha value is -1.21. The summed E-state index contributed by atoms with van der Waals surface area (Å²) in [4.78, 5) is 0. The highest BCUT2D eigenvalue weighted by atomic mass is 32.3. The number of hydrogen-bond donors (Lipinski definition) is 0. The van der Waals surface area contributed by atoms with Crippen LogP contribution in [0.2, 0.25) is 0 Å². The molecular weight excluding hydrogens is 252 g/mol. The van der Waals surface area contributed by atoms with Crippen LogP contribution in [0.15, 0.2) is 18.2 Å². The zero-order valence-electron chi connectivity index (χ0n) is 9.06. The summed E-state index contributed by atoms with van der Waals surface area (Å²) < 4.78 is 52.3. The molecule has 0 atom stereocenters. The van der Waals surface area contributed by atoms with Gasteiger partial charge >= 0.3 is 10.4 Å². The molecule has 0 unspecified atom stereocenters. The van der Waals surface area contributed by atoms with E-state index in [1.54, 1.807) is 6.07 Å². The maximum Gasteiger partial charge on any atom is 0.374 e. The fraction of sp³-hybridized carbons (Fsp3) is 0.400. The van der Waals surface area contributed by atoms with E-state index >= 15 is 0 Å². The summed E-state index contributed by atoms with van der Waals surface area (Å²) in [6.45, 7) is 0.154. The molecule has 94 valence electrons. The Kier molecular flexibility index (Phi) is 3.05. The molecule has 0 saturated carbocycles. The molecule has 1 saturated heterocycles. The van der Waals surface area contributed by atoms with E-state index in [4.69, 9.17) is 4.74 Å². The third-order valence-electron chi connectivity index (χ3n) is 2.80. The van der Waals surface area contributed by atoms with Gasteiger partial charge in [0, 0.05) is 19.0 Å². The van der Waals surface area contributed by atoms with Crippen molar-refractivity contribution >= 4 is 10.4 Å². The molecule has 1 aliphatic heterocycles. The minimum Gasteiger partial charge on any atom is -0.494 e. The van der Waals surface area contributed by atoms with Crippen LogP contribution in [-0.2, 0) is 10.4 Å². The van der Waals surface area contributed by atoms with E-state index in [0.717, 1.165) is 9.87 Å². The first-order chi connectivity index (χ1) is 7.91. The molecular formula is C10H11F2NO3S. The van der Waals surface area contributed by atoms with Crippen LogP contribution in [0.5, 0.6) is 5.75 Å². The van der Waals surface area contributed by atoms with E-state index in [1.165, 1.54) is 19.2 Å². The second-order valence-corrected chi connectivity index (χ2v) is 5.19. The zero-order valence-corrected chi connectivity index (χ0v) is 9.88. The summed E-state index contributed by atoms with van der Waals surface area (Å²) in [6.07, 6.45) is 0. The Morgan fingerprint density at radius 1 is 1.41 bits per heavy atom. The minimum atomic E-state index is -4.60. The average Bonchev–Trinajstić information content (AvgIpc) is 2.16. The van der Waals surface area contributed by atoms with Crippen LogP contribution in [0, 0.1) is 5.82 Å². The van der Waals surface area contributed by atoms with E-state index in [0.29, 0.717) is 0 Å².